The van der Waals surface area contributed by atoms with Crippen LogP contribution in [0.4, 0.5) is 0 Å². The van der Waals surface area contributed by atoms with E-state index in [0.717, 1.165) is 42.0 Å². The minimum Gasteiger partial charge on any atom is -0.448 e. The van der Waals surface area contributed by atoms with E-state index >= 15 is 0 Å². The number of nitrogens with zero attached hydrogens (tertiary/aromatic N) is 3. The average Bonchev–Trinajstić information content (AvgIpc) is 3.49. The van der Waals surface area contributed by atoms with Gasteiger partial charge in [-0.2, -0.15) is 0 Å². The van der Waals surface area contributed by atoms with Gasteiger partial charge in [0.25, 0.3) is 17.3 Å². The lowest BCUT2D eigenvalue weighted by Crippen LogP contribution is -2.44. The van der Waals surface area contributed by atoms with Crippen LogP contribution in [-0.2, 0) is 13.6 Å². The van der Waals surface area contributed by atoms with Gasteiger partial charge in [0.15, 0.2) is 11.5 Å². The van der Waals surface area contributed by atoms with Gasteiger partial charge < -0.3 is 19.8 Å². The number of pyridine rings is 1. The maximum Gasteiger partial charge on any atom is 0.254 e. The molecule has 1 aromatic carbocycles. The Morgan fingerprint density at radius 2 is 1.95 bits per heavy atom. The summed E-state index contributed by atoms with van der Waals surface area (Å²) in [5, 5.41) is 11.6. The summed E-state index contributed by atoms with van der Waals surface area (Å²) in [6.07, 6.45) is 7.66. The molecule has 38 heavy (non-hydrogen) atoms. The van der Waals surface area contributed by atoms with E-state index in [0.29, 0.717) is 39.1 Å². The molecule has 3 aromatic rings. The van der Waals surface area contributed by atoms with Crippen LogP contribution < -0.4 is 20.3 Å². The number of nitrogens with one attached hydrogen (secondary N) is 2. The quantitative estimate of drug-likeness (QED) is 0.415. The minimum atomic E-state index is -0.873. The Balaban J connectivity index is 1.30. The van der Waals surface area contributed by atoms with Crippen molar-refractivity contribution < 1.29 is 14.3 Å². The molecule has 2 aromatic heterocycles. The topological polar surface area (TPSA) is 111 Å². The predicted octanol–water partition coefficient (Wildman–Crippen LogP) is 4.89. The summed E-state index contributed by atoms with van der Waals surface area (Å²) in [6, 6.07) is 3.51. The third-order valence-electron chi connectivity index (χ3n) is 7.68. The number of amides is 1. The standard InChI is InChI=1S/C27H32ClN5O4S/c1-14-10-22(38-5)19(26(35)30-14)12-29-25(34)18-11-20(28)24-23(15(18)2)36-27(3,37-24)17-8-6-16(7-9-17)21-13-33(4)32-31-21/h10-11,13,16-17H,6-9,12H2,1-5H3,(H,29,34)(H,30,35). The van der Waals surface area contributed by atoms with Crippen LogP contribution in [0.5, 0.6) is 11.5 Å². The number of benzene rings is 1. The third kappa shape index (κ3) is 4.91. The second-order valence-corrected chi connectivity index (χ2v) is 11.5. The van der Waals surface area contributed by atoms with E-state index in [9.17, 15) is 9.59 Å². The molecular weight excluding hydrogens is 526 g/mol. The lowest BCUT2D eigenvalue weighted by Gasteiger charge is -2.36. The number of carbonyl (C=O) groups excluding carboxylic acids is 1. The lowest BCUT2D eigenvalue weighted by molar-refractivity contribution is -0.121. The molecule has 0 bridgehead atoms. The van der Waals surface area contributed by atoms with Gasteiger partial charge in [0.2, 0.25) is 0 Å². The number of hydrogen-bond donors (Lipinski definition) is 2. The summed E-state index contributed by atoms with van der Waals surface area (Å²) >= 11 is 8.08. The van der Waals surface area contributed by atoms with Crippen molar-refractivity contribution in [2.24, 2.45) is 13.0 Å². The number of aryl methyl sites for hydroxylation is 2. The Kier molecular flexibility index (Phi) is 7.21. The molecule has 1 aliphatic carbocycles. The SMILES string of the molecule is CSc1cc(C)[nH]c(=O)c1CNC(=O)c1cc(Cl)c2c(c1C)OC(C)(C1CCC(c3cn(C)nn3)CC1)O2. The molecule has 1 unspecified atom stereocenters. The van der Waals surface area contributed by atoms with Gasteiger partial charge in [0, 0.05) is 65.8 Å². The number of aromatic amines is 1. The van der Waals surface area contributed by atoms with Crippen molar-refractivity contribution in [3.8, 4) is 11.5 Å². The van der Waals surface area contributed by atoms with Crippen molar-refractivity contribution >= 4 is 29.3 Å². The average molecular weight is 558 g/mol. The highest BCUT2D eigenvalue weighted by Crippen LogP contribution is 2.52. The fourth-order valence-electron chi connectivity index (χ4n) is 5.51. The number of aromatic nitrogens is 4. The zero-order valence-electron chi connectivity index (χ0n) is 22.2. The molecule has 0 radical (unpaired) electrons. The Bertz CT molecular complexity index is 1450. The fraction of sp³-hybridized carbons (Fsp3) is 0.481. The van der Waals surface area contributed by atoms with Gasteiger partial charge in [-0.3, -0.25) is 14.3 Å². The maximum absolute atomic E-state index is 13.2. The van der Waals surface area contributed by atoms with Crippen LogP contribution in [0.1, 0.15) is 71.4 Å². The Hall–Kier alpha value is -2.98. The van der Waals surface area contributed by atoms with Crippen LogP contribution in [0.25, 0.3) is 0 Å². The summed E-state index contributed by atoms with van der Waals surface area (Å²) in [5.41, 5.74) is 3.16. The number of halogens is 1. The first-order chi connectivity index (χ1) is 18.1. The van der Waals surface area contributed by atoms with Crippen molar-refractivity contribution in [1.29, 1.82) is 0 Å². The van der Waals surface area contributed by atoms with Gasteiger partial charge in [-0.25, -0.2) is 0 Å². The molecule has 0 saturated heterocycles. The van der Waals surface area contributed by atoms with Crippen LogP contribution in [-0.4, -0.2) is 37.9 Å². The zero-order valence-corrected chi connectivity index (χ0v) is 23.8. The van der Waals surface area contributed by atoms with Crippen LogP contribution in [0, 0.1) is 19.8 Å². The van der Waals surface area contributed by atoms with Crippen molar-refractivity contribution in [2.75, 3.05) is 6.26 Å². The van der Waals surface area contributed by atoms with Crippen LogP contribution in [0.3, 0.4) is 0 Å². The maximum atomic E-state index is 13.2. The van der Waals surface area contributed by atoms with Crippen molar-refractivity contribution in [2.45, 2.75) is 69.6 Å². The Labute approximate surface area is 230 Å². The number of hydrogen-bond acceptors (Lipinski definition) is 7. The summed E-state index contributed by atoms with van der Waals surface area (Å²) in [4.78, 5) is 29.3. The van der Waals surface area contributed by atoms with Crippen LogP contribution in [0.15, 0.2) is 28.0 Å². The highest BCUT2D eigenvalue weighted by molar-refractivity contribution is 7.98. The lowest BCUT2D eigenvalue weighted by atomic mass is 9.77. The molecule has 2 aliphatic rings. The summed E-state index contributed by atoms with van der Waals surface area (Å²) < 4.78 is 14.5. The number of fused-ring (bicyclic) bond motifs is 1. The van der Waals surface area contributed by atoms with Crippen molar-refractivity contribution in [3.63, 3.8) is 0 Å². The summed E-state index contributed by atoms with van der Waals surface area (Å²) in [7, 11) is 1.88. The van der Waals surface area contributed by atoms with E-state index < -0.39 is 5.79 Å². The Morgan fingerprint density at radius 1 is 1.24 bits per heavy atom. The van der Waals surface area contributed by atoms with Crippen molar-refractivity contribution in [1.82, 2.24) is 25.3 Å². The zero-order chi connectivity index (χ0) is 27.2. The first kappa shape index (κ1) is 26.6. The minimum absolute atomic E-state index is 0.100. The second kappa shape index (κ2) is 10.3. The highest BCUT2D eigenvalue weighted by atomic mass is 35.5. The summed E-state index contributed by atoms with van der Waals surface area (Å²) in [6.45, 7) is 5.71. The van der Waals surface area contributed by atoms with E-state index in [-0.39, 0.29) is 23.9 Å². The van der Waals surface area contributed by atoms with Crippen LogP contribution in [0.2, 0.25) is 5.02 Å². The van der Waals surface area contributed by atoms with Gasteiger partial charge >= 0.3 is 0 Å². The van der Waals surface area contributed by atoms with Gasteiger partial charge in [0.05, 0.1) is 10.7 Å². The molecule has 5 rings (SSSR count). The number of carbonyl (C=O) groups is 1. The molecule has 1 saturated carbocycles. The molecule has 202 valence electrons. The number of H-pyrrole nitrogens is 1. The first-order valence-electron chi connectivity index (χ1n) is 12.7. The van der Waals surface area contributed by atoms with Crippen molar-refractivity contribution in [3.05, 3.63) is 61.8 Å². The highest BCUT2D eigenvalue weighted by Gasteiger charge is 2.47. The number of thioether (sulfide) groups is 1. The molecule has 1 aliphatic heterocycles. The molecule has 11 heteroatoms. The molecule has 0 spiro atoms. The van der Waals surface area contributed by atoms with Gasteiger partial charge in [-0.05, 0) is 57.9 Å². The molecule has 3 heterocycles. The van der Waals surface area contributed by atoms with E-state index in [2.05, 4.69) is 20.6 Å². The number of ether oxygens (including phenoxy) is 2. The van der Waals surface area contributed by atoms with Crippen LogP contribution >= 0.6 is 23.4 Å². The van der Waals surface area contributed by atoms with E-state index in [1.165, 1.54) is 11.8 Å². The monoisotopic (exact) mass is 557 g/mol. The van der Waals surface area contributed by atoms with Gasteiger partial charge in [0.1, 0.15) is 0 Å². The molecule has 1 amide bonds. The largest absolute Gasteiger partial charge is 0.448 e. The van der Waals surface area contributed by atoms with Gasteiger partial charge in [-0.15, -0.1) is 16.9 Å². The molecule has 9 nitrogen and oxygen atoms in total. The second-order valence-electron chi connectivity index (χ2n) is 10.3. The normalized spacial score (nSPS) is 22.5. The van der Waals surface area contributed by atoms with Gasteiger partial charge in [-0.1, -0.05) is 16.8 Å². The first-order valence-corrected chi connectivity index (χ1v) is 14.3. The smallest absolute Gasteiger partial charge is 0.254 e. The molecule has 1 atom stereocenters. The summed E-state index contributed by atoms with van der Waals surface area (Å²) in [5.74, 6) is 0.301. The Morgan fingerprint density at radius 3 is 2.61 bits per heavy atom. The molecule has 1 fully saturated rings. The molecule has 2 N–H and O–H groups in total. The van der Waals surface area contributed by atoms with E-state index in [4.69, 9.17) is 21.1 Å². The third-order valence-corrected chi connectivity index (χ3v) is 8.76. The van der Waals surface area contributed by atoms with E-state index in [1.54, 1.807) is 10.7 Å². The fourth-order valence-corrected chi connectivity index (χ4v) is 6.45. The van der Waals surface area contributed by atoms with E-state index in [1.807, 2.05) is 46.3 Å². The predicted molar refractivity (Wildman–Crippen MR) is 146 cm³/mol. The number of rotatable bonds is 6. The molecular formula is C27H32ClN5O4S.